The monoisotopic (exact) mass is 417 g/mol. The van der Waals surface area contributed by atoms with Crippen molar-refractivity contribution in [2.24, 2.45) is 4.99 Å². The zero-order valence-corrected chi connectivity index (χ0v) is 18.4. The summed E-state index contributed by atoms with van der Waals surface area (Å²) in [6.45, 7) is 7.22. The fraction of sp³-hybridized carbons (Fsp3) is 0.259. The molecule has 0 aromatic heterocycles. The molecule has 3 aromatic rings. The van der Waals surface area contributed by atoms with Gasteiger partial charge >= 0.3 is 5.97 Å². The van der Waals surface area contributed by atoms with Gasteiger partial charge in [0.1, 0.15) is 11.4 Å². The highest BCUT2D eigenvalue weighted by Crippen LogP contribution is 2.19. The Kier molecular flexibility index (Phi) is 7.01. The van der Waals surface area contributed by atoms with Crippen molar-refractivity contribution in [3.63, 3.8) is 0 Å². The summed E-state index contributed by atoms with van der Waals surface area (Å²) in [6.07, 6.45) is 0.319. The minimum Gasteiger partial charge on any atom is -0.458 e. The lowest BCUT2D eigenvalue weighted by Gasteiger charge is -2.23. The van der Waals surface area contributed by atoms with Gasteiger partial charge in [-0.25, -0.2) is 9.18 Å². The molecule has 0 saturated carbocycles. The van der Waals surface area contributed by atoms with Gasteiger partial charge in [0.05, 0.1) is 5.71 Å². The summed E-state index contributed by atoms with van der Waals surface area (Å²) in [4.78, 5) is 18.0. The Morgan fingerprint density at radius 1 is 0.935 bits per heavy atom. The standard InChI is InChI=1S/C27H28FNO2/c1-19-17-20(15-16-23(19)28)18-24(26(30)31-27(2,3)4)29-25(21-11-7-5-8-12-21)22-13-9-6-10-14-22/h5-17,24H,18H2,1-4H3/t24-/m0/s1. The molecule has 3 rings (SSSR count). The number of ether oxygens (including phenoxy) is 1. The van der Waals surface area contributed by atoms with Crippen LogP contribution in [-0.2, 0) is 16.0 Å². The van der Waals surface area contributed by atoms with E-state index in [1.807, 2.05) is 81.4 Å². The number of nitrogens with zero attached hydrogens (tertiary/aromatic N) is 1. The maximum atomic E-state index is 13.8. The van der Waals surface area contributed by atoms with Crippen molar-refractivity contribution >= 4 is 11.7 Å². The van der Waals surface area contributed by atoms with Crippen LogP contribution in [0.4, 0.5) is 4.39 Å². The lowest BCUT2D eigenvalue weighted by molar-refractivity contribution is -0.156. The molecule has 4 heteroatoms. The van der Waals surface area contributed by atoms with E-state index < -0.39 is 17.6 Å². The van der Waals surface area contributed by atoms with Gasteiger partial charge in [-0.3, -0.25) is 4.99 Å². The number of esters is 1. The molecule has 0 radical (unpaired) electrons. The summed E-state index contributed by atoms with van der Waals surface area (Å²) >= 11 is 0. The topological polar surface area (TPSA) is 38.7 Å². The number of hydrogen-bond acceptors (Lipinski definition) is 3. The van der Waals surface area contributed by atoms with E-state index >= 15 is 0 Å². The van der Waals surface area contributed by atoms with E-state index in [0.29, 0.717) is 12.0 Å². The Hall–Kier alpha value is -3.27. The summed E-state index contributed by atoms with van der Waals surface area (Å²) in [6, 6.07) is 23.7. The van der Waals surface area contributed by atoms with E-state index in [2.05, 4.69) is 0 Å². The molecule has 0 fully saturated rings. The van der Waals surface area contributed by atoms with Gasteiger partial charge in [-0.15, -0.1) is 0 Å². The second-order valence-corrected chi connectivity index (χ2v) is 8.55. The molecule has 3 nitrogen and oxygen atoms in total. The smallest absolute Gasteiger partial charge is 0.331 e. The summed E-state index contributed by atoms with van der Waals surface area (Å²) < 4.78 is 19.4. The molecule has 0 bridgehead atoms. The van der Waals surface area contributed by atoms with E-state index in [1.54, 1.807) is 19.1 Å². The zero-order chi connectivity index (χ0) is 22.4. The summed E-state index contributed by atoms with van der Waals surface area (Å²) in [7, 11) is 0. The van der Waals surface area contributed by atoms with Gasteiger partial charge in [-0.05, 0) is 44.9 Å². The van der Waals surface area contributed by atoms with Crippen molar-refractivity contribution in [3.05, 3.63) is 107 Å². The summed E-state index contributed by atoms with van der Waals surface area (Å²) in [5.74, 6) is -0.672. The predicted molar refractivity (Wildman–Crippen MR) is 123 cm³/mol. The molecule has 0 N–H and O–H groups in total. The number of hydrogen-bond donors (Lipinski definition) is 0. The largest absolute Gasteiger partial charge is 0.458 e. The molecule has 3 aromatic carbocycles. The number of carbonyl (C=O) groups excluding carboxylic acids is 1. The van der Waals surface area contributed by atoms with Gasteiger partial charge in [0, 0.05) is 17.5 Å². The molecule has 0 aliphatic rings. The molecule has 160 valence electrons. The van der Waals surface area contributed by atoms with Gasteiger partial charge in [0.2, 0.25) is 0 Å². The van der Waals surface area contributed by atoms with Gasteiger partial charge in [0.15, 0.2) is 6.04 Å². The Bertz CT molecular complexity index is 1010. The Morgan fingerprint density at radius 2 is 1.48 bits per heavy atom. The van der Waals surface area contributed by atoms with Crippen molar-refractivity contribution in [1.29, 1.82) is 0 Å². The normalized spacial score (nSPS) is 12.2. The molecule has 0 amide bonds. The quantitative estimate of drug-likeness (QED) is 0.369. The van der Waals surface area contributed by atoms with Crippen LogP contribution in [0.3, 0.4) is 0 Å². The van der Waals surface area contributed by atoms with E-state index in [-0.39, 0.29) is 5.82 Å². The highest BCUT2D eigenvalue weighted by atomic mass is 19.1. The lowest BCUT2D eigenvalue weighted by Crippen LogP contribution is -2.33. The van der Waals surface area contributed by atoms with E-state index in [9.17, 15) is 9.18 Å². The maximum Gasteiger partial charge on any atom is 0.331 e. The first kappa shape index (κ1) is 22.4. The van der Waals surface area contributed by atoms with E-state index in [4.69, 9.17) is 9.73 Å². The van der Waals surface area contributed by atoms with Crippen LogP contribution in [0.1, 0.15) is 43.0 Å². The lowest BCUT2D eigenvalue weighted by atomic mass is 10.00. The molecule has 0 spiro atoms. The van der Waals surface area contributed by atoms with Gasteiger partial charge < -0.3 is 4.74 Å². The van der Waals surface area contributed by atoms with Crippen LogP contribution in [0.15, 0.2) is 83.9 Å². The van der Waals surface area contributed by atoms with Crippen molar-refractivity contribution in [2.75, 3.05) is 0 Å². The molecule has 0 unspecified atom stereocenters. The van der Waals surface area contributed by atoms with E-state index in [0.717, 1.165) is 22.4 Å². The Balaban J connectivity index is 2.07. The SMILES string of the molecule is Cc1cc(C[C@H](N=C(c2ccccc2)c2ccccc2)C(=O)OC(C)(C)C)ccc1F. The summed E-state index contributed by atoms with van der Waals surface area (Å²) in [5, 5.41) is 0. The van der Waals surface area contributed by atoms with Gasteiger partial charge in [-0.2, -0.15) is 0 Å². The Labute approximate surface area is 183 Å². The van der Waals surface area contributed by atoms with Crippen LogP contribution in [0, 0.1) is 12.7 Å². The minimum atomic E-state index is -0.764. The van der Waals surface area contributed by atoms with Crippen LogP contribution in [-0.4, -0.2) is 23.3 Å². The molecule has 0 saturated heterocycles. The van der Waals surface area contributed by atoms with Crippen LogP contribution in [0.5, 0.6) is 0 Å². The van der Waals surface area contributed by atoms with Crippen LogP contribution >= 0.6 is 0 Å². The predicted octanol–water partition coefficient (Wildman–Crippen LogP) is 5.92. The number of benzene rings is 3. The molecule has 0 aliphatic heterocycles. The number of carbonyl (C=O) groups is 1. The number of halogens is 1. The molecule has 1 atom stereocenters. The number of aliphatic imine (C=N–C) groups is 1. The van der Waals surface area contributed by atoms with Crippen LogP contribution in [0.25, 0.3) is 0 Å². The first-order valence-electron chi connectivity index (χ1n) is 10.4. The number of rotatable bonds is 6. The van der Waals surface area contributed by atoms with Crippen molar-refractivity contribution in [3.8, 4) is 0 Å². The van der Waals surface area contributed by atoms with Crippen LogP contribution < -0.4 is 0 Å². The fourth-order valence-electron chi connectivity index (χ4n) is 3.27. The van der Waals surface area contributed by atoms with Crippen molar-refractivity contribution in [2.45, 2.75) is 45.8 Å². The summed E-state index contributed by atoms with van der Waals surface area (Å²) in [5.41, 5.74) is 3.28. The molecular formula is C27H28FNO2. The average molecular weight is 418 g/mol. The average Bonchev–Trinajstić information content (AvgIpc) is 2.73. The van der Waals surface area contributed by atoms with Crippen LogP contribution in [0.2, 0.25) is 0 Å². The maximum absolute atomic E-state index is 13.8. The van der Waals surface area contributed by atoms with E-state index in [1.165, 1.54) is 6.07 Å². The van der Waals surface area contributed by atoms with Gasteiger partial charge in [-0.1, -0.05) is 72.8 Å². The third kappa shape index (κ3) is 6.35. The molecule has 31 heavy (non-hydrogen) atoms. The fourth-order valence-corrected chi connectivity index (χ4v) is 3.27. The third-order valence-electron chi connectivity index (χ3n) is 4.71. The first-order chi connectivity index (χ1) is 14.7. The Morgan fingerprint density at radius 3 is 1.97 bits per heavy atom. The minimum absolute atomic E-state index is 0.268. The van der Waals surface area contributed by atoms with Gasteiger partial charge in [0.25, 0.3) is 0 Å². The third-order valence-corrected chi connectivity index (χ3v) is 4.71. The highest BCUT2D eigenvalue weighted by Gasteiger charge is 2.26. The first-order valence-corrected chi connectivity index (χ1v) is 10.4. The van der Waals surface area contributed by atoms with Crippen molar-refractivity contribution in [1.82, 2.24) is 0 Å². The highest BCUT2D eigenvalue weighted by molar-refractivity contribution is 6.13. The second kappa shape index (κ2) is 9.69. The second-order valence-electron chi connectivity index (χ2n) is 8.55. The van der Waals surface area contributed by atoms with Crippen molar-refractivity contribution < 1.29 is 13.9 Å². The number of aryl methyl sites for hydroxylation is 1. The molecule has 0 heterocycles. The zero-order valence-electron chi connectivity index (χ0n) is 18.4. The molecule has 0 aliphatic carbocycles. The molecular weight excluding hydrogens is 389 g/mol.